The van der Waals surface area contributed by atoms with E-state index in [0.717, 1.165) is 91.3 Å². The second-order valence-electron chi connectivity index (χ2n) is 12.2. The number of hydrogen-bond donors (Lipinski definition) is 1. The molecule has 2 aromatic heterocycles. The van der Waals surface area contributed by atoms with E-state index in [2.05, 4.69) is 45.5 Å². The topological polar surface area (TPSA) is 110 Å². The van der Waals surface area contributed by atoms with Crippen LogP contribution in [-0.2, 0) is 14.9 Å². The van der Waals surface area contributed by atoms with Crippen LogP contribution in [0.1, 0.15) is 98.0 Å². The fraction of sp³-hybridized carbons (Fsp3) is 0.581. The Hall–Kier alpha value is -2.86. The van der Waals surface area contributed by atoms with E-state index in [-0.39, 0.29) is 17.8 Å². The number of carbonyl (C=O) groups is 1. The summed E-state index contributed by atoms with van der Waals surface area (Å²) in [5.74, 6) is -0.377. The Balaban J connectivity index is 1.47. The van der Waals surface area contributed by atoms with Crippen molar-refractivity contribution < 1.29 is 17.9 Å². The highest BCUT2D eigenvalue weighted by Crippen LogP contribution is 2.44. The molecule has 1 amide bonds. The van der Waals surface area contributed by atoms with Gasteiger partial charge in [0, 0.05) is 39.1 Å². The fourth-order valence-electron chi connectivity index (χ4n) is 6.43. The number of ether oxygens (including phenoxy) is 1. The van der Waals surface area contributed by atoms with E-state index in [9.17, 15) is 13.2 Å². The van der Waals surface area contributed by atoms with Gasteiger partial charge in [-0.15, -0.1) is 0 Å². The van der Waals surface area contributed by atoms with Crippen molar-refractivity contribution in [3.8, 4) is 11.1 Å². The highest BCUT2D eigenvalue weighted by Gasteiger charge is 2.32. The van der Waals surface area contributed by atoms with Gasteiger partial charge in [-0.05, 0) is 55.4 Å². The number of fused-ring (bicyclic) bond motifs is 1. The van der Waals surface area contributed by atoms with Crippen LogP contribution in [0.3, 0.4) is 0 Å². The molecule has 6 rings (SSSR count). The molecule has 0 spiro atoms. The van der Waals surface area contributed by atoms with Crippen LogP contribution < -0.4 is 4.72 Å². The first-order chi connectivity index (χ1) is 20.2. The summed E-state index contributed by atoms with van der Waals surface area (Å²) in [6.07, 6.45) is 8.92. The fourth-order valence-corrected chi connectivity index (χ4v) is 6.95. The Kier molecular flexibility index (Phi) is 8.37. The number of hydrogen-bond acceptors (Lipinski definition) is 7. The molecule has 10 nitrogen and oxygen atoms in total. The Labute approximate surface area is 248 Å². The van der Waals surface area contributed by atoms with Gasteiger partial charge in [0.05, 0.1) is 30.3 Å². The molecule has 2 saturated carbocycles. The third-order valence-electron chi connectivity index (χ3n) is 9.33. The molecular weight excluding hydrogens is 552 g/mol. The van der Waals surface area contributed by atoms with E-state index in [1.165, 1.54) is 32.5 Å². The van der Waals surface area contributed by atoms with Gasteiger partial charge in [-0.1, -0.05) is 49.9 Å². The first kappa shape index (κ1) is 29.2. The lowest BCUT2D eigenvalue weighted by molar-refractivity contribution is 0.0198. The standard InChI is InChI=1S/C31H42N6O4S/c1-21(36-16-18-41-19-17-36)22-12-14-23(15-13-22)26-20-27(31(38)34-42(39,40)35(2)3)32-30-28(26)29(24-8-7-9-24)33-37(30)25-10-5-4-6-11-25/h12-15,20-21,24-25H,4-11,16-19H2,1-3H3,(H,34,38). The van der Waals surface area contributed by atoms with Gasteiger partial charge < -0.3 is 4.74 Å². The zero-order valence-electron chi connectivity index (χ0n) is 24.9. The normalized spacial score (nSPS) is 20.1. The first-order valence-corrected chi connectivity index (χ1v) is 16.8. The zero-order valence-corrected chi connectivity index (χ0v) is 25.7. The summed E-state index contributed by atoms with van der Waals surface area (Å²) in [5.41, 5.74) is 4.88. The van der Waals surface area contributed by atoms with Crippen molar-refractivity contribution >= 4 is 27.1 Å². The first-order valence-electron chi connectivity index (χ1n) is 15.3. The molecule has 0 radical (unpaired) electrons. The molecule has 42 heavy (non-hydrogen) atoms. The van der Waals surface area contributed by atoms with E-state index in [0.29, 0.717) is 11.6 Å². The number of aromatic nitrogens is 3. The van der Waals surface area contributed by atoms with Gasteiger partial charge in [-0.3, -0.25) is 9.69 Å². The smallest absolute Gasteiger partial charge is 0.303 e. The summed E-state index contributed by atoms with van der Waals surface area (Å²) < 4.78 is 35.9. The minimum Gasteiger partial charge on any atom is -0.379 e. The molecule has 0 bridgehead atoms. The van der Waals surface area contributed by atoms with Crippen molar-refractivity contribution in [1.29, 1.82) is 0 Å². The van der Waals surface area contributed by atoms with Crippen LogP contribution >= 0.6 is 0 Å². The lowest BCUT2D eigenvalue weighted by Crippen LogP contribution is -2.39. The van der Waals surface area contributed by atoms with E-state index in [4.69, 9.17) is 14.8 Å². The molecule has 226 valence electrons. The SMILES string of the molecule is CC(c1ccc(-c2cc(C(=O)NS(=O)(=O)N(C)C)nc3c2c(C2CCC2)nn3C2CCCCC2)cc1)N1CCOCC1. The number of benzene rings is 1. The number of nitrogens with zero attached hydrogens (tertiary/aromatic N) is 5. The van der Waals surface area contributed by atoms with Crippen molar-refractivity contribution in [3.63, 3.8) is 0 Å². The van der Waals surface area contributed by atoms with Crippen LogP contribution in [0, 0.1) is 0 Å². The molecule has 3 aromatic rings. The summed E-state index contributed by atoms with van der Waals surface area (Å²) in [4.78, 5) is 20.6. The Morgan fingerprint density at radius 1 is 1.02 bits per heavy atom. The minimum atomic E-state index is -3.98. The third kappa shape index (κ3) is 5.71. The number of nitrogens with one attached hydrogen (secondary N) is 1. The lowest BCUT2D eigenvalue weighted by Gasteiger charge is -2.32. The van der Waals surface area contributed by atoms with E-state index in [1.807, 2.05) is 0 Å². The maximum Gasteiger partial charge on any atom is 0.303 e. The Morgan fingerprint density at radius 2 is 1.71 bits per heavy atom. The van der Waals surface area contributed by atoms with Gasteiger partial charge in [0.15, 0.2) is 5.65 Å². The highest BCUT2D eigenvalue weighted by molar-refractivity contribution is 7.87. The highest BCUT2D eigenvalue weighted by atomic mass is 32.2. The summed E-state index contributed by atoms with van der Waals surface area (Å²) in [6, 6.07) is 10.8. The van der Waals surface area contributed by atoms with Crippen molar-refractivity contribution in [2.45, 2.75) is 76.3 Å². The summed E-state index contributed by atoms with van der Waals surface area (Å²) in [7, 11) is -1.20. The molecule has 1 aromatic carbocycles. The monoisotopic (exact) mass is 594 g/mol. The predicted octanol–water partition coefficient (Wildman–Crippen LogP) is 4.80. The maximum atomic E-state index is 13.4. The molecule has 3 aliphatic rings. The van der Waals surface area contributed by atoms with Crippen LogP contribution in [0.5, 0.6) is 0 Å². The molecule has 1 unspecified atom stereocenters. The number of morpholine rings is 1. The number of pyridine rings is 1. The van der Waals surface area contributed by atoms with Gasteiger partial charge in [0.25, 0.3) is 5.91 Å². The lowest BCUT2D eigenvalue weighted by atomic mass is 9.81. The zero-order chi connectivity index (χ0) is 29.4. The van der Waals surface area contributed by atoms with E-state index in [1.54, 1.807) is 6.07 Å². The molecule has 3 fully saturated rings. The molecule has 11 heteroatoms. The van der Waals surface area contributed by atoms with Gasteiger partial charge >= 0.3 is 10.2 Å². The van der Waals surface area contributed by atoms with Crippen LogP contribution in [0.2, 0.25) is 0 Å². The average molecular weight is 595 g/mol. The maximum absolute atomic E-state index is 13.4. The average Bonchev–Trinajstić information content (AvgIpc) is 3.35. The molecule has 2 aliphatic carbocycles. The van der Waals surface area contributed by atoms with Crippen LogP contribution in [0.15, 0.2) is 30.3 Å². The van der Waals surface area contributed by atoms with Gasteiger partial charge in [-0.25, -0.2) is 14.4 Å². The third-order valence-corrected chi connectivity index (χ3v) is 10.7. The second-order valence-corrected chi connectivity index (χ2v) is 14.1. The van der Waals surface area contributed by atoms with E-state index >= 15 is 0 Å². The van der Waals surface area contributed by atoms with Gasteiger partial charge in [0.1, 0.15) is 5.69 Å². The second kappa shape index (κ2) is 12.0. The Bertz CT molecular complexity index is 1540. The largest absolute Gasteiger partial charge is 0.379 e. The summed E-state index contributed by atoms with van der Waals surface area (Å²) in [6.45, 7) is 5.55. The van der Waals surface area contributed by atoms with Crippen molar-refractivity contribution in [3.05, 3.63) is 47.3 Å². The molecule has 1 atom stereocenters. The minimum absolute atomic E-state index is 0.0748. The predicted molar refractivity (Wildman–Crippen MR) is 163 cm³/mol. The number of carbonyl (C=O) groups excluding carboxylic acids is 1. The van der Waals surface area contributed by atoms with Crippen LogP contribution in [-0.4, -0.2) is 78.7 Å². The summed E-state index contributed by atoms with van der Waals surface area (Å²) >= 11 is 0. The quantitative estimate of drug-likeness (QED) is 0.399. The van der Waals surface area contributed by atoms with Crippen molar-refractivity contribution in [2.24, 2.45) is 0 Å². The van der Waals surface area contributed by atoms with E-state index < -0.39 is 16.1 Å². The number of amides is 1. The van der Waals surface area contributed by atoms with Crippen molar-refractivity contribution in [1.82, 2.24) is 28.7 Å². The summed E-state index contributed by atoms with van der Waals surface area (Å²) in [5, 5.41) is 6.20. The molecule has 1 saturated heterocycles. The molecule has 1 aliphatic heterocycles. The van der Waals surface area contributed by atoms with Crippen molar-refractivity contribution in [2.75, 3.05) is 40.4 Å². The molecular formula is C31H42N6O4S. The Morgan fingerprint density at radius 3 is 2.33 bits per heavy atom. The molecule has 3 heterocycles. The van der Waals surface area contributed by atoms with Gasteiger partial charge in [-0.2, -0.15) is 17.8 Å². The van der Waals surface area contributed by atoms with Gasteiger partial charge in [0.2, 0.25) is 0 Å². The van der Waals surface area contributed by atoms with Crippen LogP contribution in [0.25, 0.3) is 22.2 Å². The number of rotatable bonds is 8. The van der Waals surface area contributed by atoms with Crippen LogP contribution in [0.4, 0.5) is 0 Å². The molecule has 1 N–H and O–H groups in total.